The fourth-order valence-electron chi connectivity index (χ4n) is 2.04. The molecular formula is C10H19NO2. The monoisotopic (exact) mass is 185 g/mol. The van der Waals surface area contributed by atoms with Crippen molar-refractivity contribution in [3.8, 4) is 0 Å². The molecule has 0 bridgehead atoms. The Kier molecular flexibility index (Phi) is 3.31. The van der Waals surface area contributed by atoms with Crippen molar-refractivity contribution in [3.63, 3.8) is 0 Å². The van der Waals surface area contributed by atoms with Crippen LogP contribution in [0.4, 0.5) is 0 Å². The lowest BCUT2D eigenvalue weighted by atomic mass is 9.92. The fourth-order valence-corrected chi connectivity index (χ4v) is 2.04. The van der Waals surface area contributed by atoms with Gasteiger partial charge in [-0.15, -0.1) is 0 Å². The maximum absolute atomic E-state index is 10.7. The summed E-state index contributed by atoms with van der Waals surface area (Å²) in [6.07, 6.45) is 3.62. The van der Waals surface area contributed by atoms with Gasteiger partial charge in [0.1, 0.15) is 0 Å². The third-order valence-electron chi connectivity index (χ3n) is 3.16. The van der Waals surface area contributed by atoms with E-state index in [2.05, 4.69) is 18.7 Å². The summed E-state index contributed by atoms with van der Waals surface area (Å²) in [4.78, 5) is 13.0. The summed E-state index contributed by atoms with van der Waals surface area (Å²) < 4.78 is 0. The molecule has 1 heterocycles. The first kappa shape index (κ1) is 10.5. The van der Waals surface area contributed by atoms with Gasteiger partial charge in [0, 0.05) is 5.54 Å². The Morgan fingerprint density at radius 1 is 1.46 bits per heavy atom. The molecule has 1 fully saturated rings. The SMILES string of the molecule is CCC(C)(CC(=O)O)N1CCCC1. The smallest absolute Gasteiger partial charge is 0.305 e. The number of carboxylic acid groups (broad SMARTS) is 1. The van der Waals surface area contributed by atoms with E-state index in [1.165, 1.54) is 12.8 Å². The summed E-state index contributed by atoms with van der Waals surface area (Å²) in [7, 11) is 0. The van der Waals surface area contributed by atoms with Gasteiger partial charge in [-0.25, -0.2) is 0 Å². The predicted molar refractivity (Wildman–Crippen MR) is 51.8 cm³/mol. The molecule has 3 heteroatoms. The standard InChI is InChI=1S/C10H19NO2/c1-3-10(2,8-9(12)13)11-6-4-5-7-11/h3-8H2,1-2H3,(H,12,13). The van der Waals surface area contributed by atoms with Gasteiger partial charge < -0.3 is 5.11 Å². The maximum Gasteiger partial charge on any atom is 0.305 e. The van der Waals surface area contributed by atoms with Gasteiger partial charge in [0.25, 0.3) is 0 Å². The predicted octanol–water partition coefficient (Wildman–Crippen LogP) is 1.73. The van der Waals surface area contributed by atoms with E-state index in [9.17, 15) is 4.79 Å². The quantitative estimate of drug-likeness (QED) is 0.725. The number of likely N-dealkylation sites (tertiary alicyclic amines) is 1. The van der Waals surface area contributed by atoms with E-state index >= 15 is 0 Å². The lowest BCUT2D eigenvalue weighted by molar-refractivity contribution is -0.140. The third kappa shape index (κ3) is 2.44. The zero-order valence-electron chi connectivity index (χ0n) is 8.55. The Morgan fingerprint density at radius 2 is 2.00 bits per heavy atom. The Hall–Kier alpha value is -0.570. The molecule has 0 aromatic heterocycles. The van der Waals surface area contributed by atoms with Crippen LogP contribution >= 0.6 is 0 Å². The van der Waals surface area contributed by atoms with Crippen LogP contribution in [-0.2, 0) is 4.79 Å². The second kappa shape index (κ2) is 4.09. The number of aliphatic carboxylic acids is 1. The van der Waals surface area contributed by atoms with Gasteiger partial charge >= 0.3 is 5.97 Å². The molecule has 3 nitrogen and oxygen atoms in total. The van der Waals surface area contributed by atoms with Gasteiger partial charge in [-0.1, -0.05) is 6.92 Å². The summed E-state index contributed by atoms with van der Waals surface area (Å²) in [6.45, 7) is 6.27. The van der Waals surface area contributed by atoms with Gasteiger partial charge in [0.2, 0.25) is 0 Å². The van der Waals surface area contributed by atoms with Gasteiger partial charge in [-0.2, -0.15) is 0 Å². The average molecular weight is 185 g/mol. The first-order chi connectivity index (χ1) is 6.08. The van der Waals surface area contributed by atoms with Crippen molar-refractivity contribution < 1.29 is 9.90 Å². The first-order valence-electron chi connectivity index (χ1n) is 5.05. The molecule has 0 aromatic rings. The van der Waals surface area contributed by atoms with E-state index in [0.717, 1.165) is 19.5 Å². The molecule has 0 radical (unpaired) electrons. The number of hydrogen-bond acceptors (Lipinski definition) is 2. The molecule has 1 rings (SSSR count). The molecule has 13 heavy (non-hydrogen) atoms. The Bertz CT molecular complexity index is 187. The highest BCUT2D eigenvalue weighted by molar-refractivity contribution is 5.68. The van der Waals surface area contributed by atoms with E-state index < -0.39 is 5.97 Å². The summed E-state index contributed by atoms with van der Waals surface area (Å²) in [6, 6.07) is 0. The minimum absolute atomic E-state index is 0.123. The molecule has 0 aromatic carbocycles. The van der Waals surface area contributed by atoms with E-state index in [1.807, 2.05) is 0 Å². The summed E-state index contributed by atoms with van der Waals surface area (Å²) >= 11 is 0. The Balaban J connectivity index is 2.61. The van der Waals surface area contributed by atoms with Crippen LogP contribution in [0, 0.1) is 0 Å². The van der Waals surface area contributed by atoms with Crippen molar-refractivity contribution in [1.82, 2.24) is 4.90 Å². The Labute approximate surface area is 79.7 Å². The van der Waals surface area contributed by atoms with Crippen molar-refractivity contribution in [2.24, 2.45) is 0 Å². The lowest BCUT2D eigenvalue weighted by Crippen LogP contribution is -2.45. The molecule has 1 N–H and O–H groups in total. The van der Waals surface area contributed by atoms with E-state index in [-0.39, 0.29) is 12.0 Å². The van der Waals surface area contributed by atoms with Crippen LogP contribution in [0.15, 0.2) is 0 Å². The van der Waals surface area contributed by atoms with Crippen LogP contribution in [-0.4, -0.2) is 34.6 Å². The molecule has 0 saturated carbocycles. The summed E-state index contributed by atoms with van der Waals surface area (Å²) in [5.41, 5.74) is -0.123. The van der Waals surface area contributed by atoms with Crippen molar-refractivity contribution in [3.05, 3.63) is 0 Å². The molecular weight excluding hydrogens is 166 g/mol. The molecule has 0 spiro atoms. The molecule has 1 saturated heterocycles. The number of carboxylic acids is 1. The van der Waals surface area contributed by atoms with Crippen molar-refractivity contribution in [2.45, 2.75) is 45.1 Å². The van der Waals surface area contributed by atoms with Gasteiger partial charge in [-0.05, 0) is 39.3 Å². The number of hydrogen-bond donors (Lipinski definition) is 1. The molecule has 0 amide bonds. The number of nitrogens with zero attached hydrogens (tertiary/aromatic N) is 1. The highest BCUT2D eigenvalue weighted by Crippen LogP contribution is 2.27. The highest BCUT2D eigenvalue weighted by atomic mass is 16.4. The van der Waals surface area contributed by atoms with E-state index in [1.54, 1.807) is 0 Å². The van der Waals surface area contributed by atoms with Crippen LogP contribution in [0.3, 0.4) is 0 Å². The molecule has 1 unspecified atom stereocenters. The number of carbonyl (C=O) groups is 1. The molecule has 76 valence electrons. The minimum atomic E-state index is -0.684. The zero-order chi connectivity index (χ0) is 9.90. The zero-order valence-corrected chi connectivity index (χ0v) is 8.55. The summed E-state index contributed by atoms with van der Waals surface area (Å²) in [5.74, 6) is -0.684. The first-order valence-corrected chi connectivity index (χ1v) is 5.05. The van der Waals surface area contributed by atoms with Gasteiger partial charge in [-0.3, -0.25) is 9.69 Å². The molecule has 1 aliphatic heterocycles. The van der Waals surface area contributed by atoms with Crippen LogP contribution in [0.2, 0.25) is 0 Å². The van der Waals surface area contributed by atoms with Crippen molar-refractivity contribution in [2.75, 3.05) is 13.1 Å². The second-order valence-corrected chi connectivity index (χ2v) is 4.12. The normalized spacial score (nSPS) is 22.9. The van der Waals surface area contributed by atoms with Gasteiger partial charge in [0.15, 0.2) is 0 Å². The van der Waals surface area contributed by atoms with Crippen LogP contribution < -0.4 is 0 Å². The average Bonchev–Trinajstić information content (AvgIpc) is 2.55. The second-order valence-electron chi connectivity index (χ2n) is 4.12. The fraction of sp³-hybridized carbons (Fsp3) is 0.900. The third-order valence-corrected chi connectivity index (χ3v) is 3.16. The van der Waals surface area contributed by atoms with E-state index in [4.69, 9.17) is 5.11 Å². The van der Waals surface area contributed by atoms with Crippen LogP contribution in [0.5, 0.6) is 0 Å². The van der Waals surface area contributed by atoms with Crippen LogP contribution in [0.25, 0.3) is 0 Å². The number of rotatable bonds is 4. The van der Waals surface area contributed by atoms with Gasteiger partial charge in [0.05, 0.1) is 6.42 Å². The molecule has 1 aliphatic rings. The minimum Gasteiger partial charge on any atom is -0.481 e. The van der Waals surface area contributed by atoms with E-state index in [0.29, 0.717) is 0 Å². The summed E-state index contributed by atoms with van der Waals surface area (Å²) in [5, 5.41) is 8.81. The molecule has 1 atom stereocenters. The lowest BCUT2D eigenvalue weighted by Gasteiger charge is -2.36. The van der Waals surface area contributed by atoms with Crippen LogP contribution in [0.1, 0.15) is 39.5 Å². The topological polar surface area (TPSA) is 40.5 Å². The highest BCUT2D eigenvalue weighted by Gasteiger charge is 2.33. The maximum atomic E-state index is 10.7. The molecule has 0 aliphatic carbocycles. The van der Waals surface area contributed by atoms with Crippen molar-refractivity contribution in [1.29, 1.82) is 0 Å². The van der Waals surface area contributed by atoms with Crippen molar-refractivity contribution >= 4 is 5.97 Å². The Morgan fingerprint density at radius 3 is 2.38 bits per heavy atom. The largest absolute Gasteiger partial charge is 0.481 e.